The van der Waals surface area contributed by atoms with Crippen molar-refractivity contribution in [3.8, 4) is 0 Å². The molecule has 0 amide bonds. The molecule has 2 heteroatoms. The quantitative estimate of drug-likeness (QED) is 0.691. The molecule has 0 aliphatic rings. The molecule has 0 fully saturated rings. The molecule has 0 aliphatic heterocycles. The van der Waals surface area contributed by atoms with Gasteiger partial charge in [0.2, 0.25) is 0 Å². The number of rotatable bonds is 4. The summed E-state index contributed by atoms with van der Waals surface area (Å²) < 4.78 is 0. The zero-order chi connectivity index (χ0) is 10.6. The zero-order valence-corrected chi connectivity index (χ0v) is 11.1. The summed E-state index contributed by atoms with van der Waals surface area (Å²) in [6, 6.07) is 8.48. The third kappa shape index (κ3) is 2.30. The van der Waals surface area contributed by atoms with E-state index in [2.05, 4.69) is 39.0 Å². The molecule has 1 aromatic rings. The van der Waals surface area contributed by atoms with Crippen LogP contribution < -0.4 is 5.30 Å². The van der Waals surface area contributed by atoms with Crippen LogP contribution in [0.25, 0.3) is 0 Å². The van der Waals surface area contributed by atoms with Crippen molar-refractivity contribution in [2.45, 2.75) is 20.8 Å². The van der Waals surface area contributed by atoms with E-state index in [9.17, 15) is 0 Å². The Kier molecular flexibility index (Phi) is 4.41. The number of hydrogen-bond donors (Lipinski definition) is 0. The van der Waals surface area contributed by atoms with Gasteiger partial charge >= 0.3 is 92.7 Å². The van der Waals surface area contributed by atoms with E-state index < -0.39 is 7.26 Å². The Balaban J connectivity index is 3.10. The minimum absolute atomic E-state index is 0.884. The van der Waals surface area contributed by atoms with Crippen molar-refractivity contribution in [3.63, 3.8) is 0 Å². The Morgan fingerprint density at radius 1 is 1.07 bits per heavy atom. The first kappa shape index (κ1) is 12.0. The number of benzene rings is 1. The summed E-state index contributed by atoms with van der Waals surface area (Å²) in [6.45, 7) is 6.96. The van der Waals surface area contributed by atoms with E-state index in [0.717, 1.165) is 5.02 Å². The van der Waals surface area contributed by atoms with Crippen LogP contribution in [-0.2, 0) is 0 Å². The van der Waals surface area contributed by atoms with Crippen molar-refractivity contribution < 1.29 is 0 Å². The van der Waals surface area contributed by atoms with E-state index >= 15 is 0 Å². The van der Waals surface area contributed by atoms with Crippen molar-refractivity contribution in [3.05, 3.63) is 29.3 Å². The van der Waals surface area contributed by atoms with E-state index in [1.54, 1.807) is 0 Å². The van der Waals surface area contributed by atoms with Crippen molar-refractivity contribution in [1.29, 1.82) is 0 Å². The van der Waals surface area contributed by atoms with Gasteiger partial charge in [-0.05, 0) is 0 Å². The second kappa shape index (κ2) is 5.14. The van der Waals surface area contributed by atoms with Gasteiger partial charge in [-0.25, -0.2) is 0 Å². The first-order valence-corrected chi connectivity index (χ1v) is 8.44. The van der Waals surface area contributed by atoms with Crippen LogP contribution in [0.4, 0.5) is 0 Å². The third-order valence-electron chi connectivity index (χ3n) is 3.47. The Morgan fingerprint density at radius 3 is 2.07 bits per heavy atom. The predicted molar refractivity (Wildman–Crippen MR) is 71.0 cm³/mol. The molecule has 0 aromatic heterocycles. The summed E-state index contributed by atoms with van der Waals surface area (Å²) in [6.07, 6.45) is 3.96. The minimum atomic E-state index is -1.21. The summed E-state index contributed by atoms with van der Waals surface area (Å²) >= 11 is 6.04. The van der Waals surface area contributed by atoms with Gasteiger partial charge in [0.15, 0.2) is 0 Å². The Morgan fingerprint density at radius 2 is 1.64 bits per heavy atom. The average Bonchev–Trinajstić information content (AvgIpc) is 2.22. The Bertz CT molecular complexity index is 284. The fourth-order valence-corrected chi connectivity index (χ4v) is 6.10. The van der Waals surface area contributed by atoms with Crippen molar-refractivity contribution in [2.24, 2.45) is 0 Å². The standard InChI is InChI=1S/C12H20ClP/c1-4-14(5-2,6-3)12-9-7-8-11(13)10-12/h7-10,14H,4-6H2,1-3H3. The molecular formula is C12H20ClP. The topological polar surface area (TPSA) is 0 Å². The molecule has 0 saturated carbocycles. The van der Waals surface area contributed by atoms with Gasteiger partial charge < -0.3 is 0 Å². The van der Waals surface area contributed by atoms with Gasteiger partial charge in [0.05, 0.1) is 0 Å². The van der Waals surface area contributed by atoms with Crippen LogP contribution >= 0.6 is 18.9 Å². The van der Waals surface area contributed by atoms with E-state index in [4.69, 9.17) is 11.6 Å². The molecule has 1 aromatic carbocycles. The Hall–Kier alpha value is -0.0600. The first-order chi connectivity index (χ1) is 6.68. The molecule has 0 N–H and O–H groups in total. The molecule has 0 unspecified atom stereocenters. The van der Waals surface area contributed by atoms with Crippen LogP contribution in [-0.4, -0.2) is 18.5 Å². The van der Waals surface area contributed by atoms with Crippen LogP contribution in [0.2, 0.25) is 5.02 Å². The molecule has 1 rings (SSSR count). The van der Waals surface area contributed by atoms with Gasteiger partial charge in [-0.1, -0.05) is 0 Å². The van der Waals surface area contributed by atoms with E-state index in [1.807, 2.05) is 6.07 Å². The second-order valence-electron chi connectivity index (χ2n) is 3.85. The van der Waals surface area contributed by atoms with Gasteiger partial charge in [-0.3, -0.25) is 0 Å². The summed E-state index contributed by atoms with van der Waals surface area (Å²) in [4.78, 5) is 0. The van der Waals surface area contributed by atoms with Crippen LogP contribution in [0, 0.1) is 0 Å². The van der Waals surface area contributed by atoms with Gasteiger partial charge in [-0.2, -0.15) is 0 Å². The van der Waals surface area contributed by atoms with Gasteiger partial charge in [0.1, 0.15) is 0 Å². The summed E-state index contributed by atoms with van der Waals surface area (Å²) in [5, 5.41) is 2.41. The first-order valence-electron chi connectivity index (χ1n) is 5.44. The molecule has 0 saturated heterocycles. The maximum atomic E-state index is 6.04. The van der Waals surface area contributed by atoms with Gasteiger partial charge in [0, 0.05) is 0 Å². The fraction of sp³-hybridized carbons (Fsp3) is 0.500. The number of hydrogen-bond acceptors (Lipinski definition) is 0. The summed E-state index contributed by atoms with van der Waals surface area (Å²) in [5.41, 5.74) is 0. The van der Waals surface area contributed by atoms with Crippen molar-refractivity contribution >= 4 is 24.2 Å². The van der Waals surface area contributed by atoms with Crippen LogP contribution in [0.15, 0.2) is 24.3 Å². The molecular weight excluding hydrogens is 211 g/mol. The molecule has 0 heterocycles. The molecule has 0 nitrogen and oxygen atoms in total. The number of halogens is 1. The maximum absolute atomic E-state index is 6.04. The van der Waals surface area contributed by atoms with E-state index in [-0.39, 0.29) is 0 Å². The van der Waals surface area contributed by atoms with Crippen LogP contribution in [0.3, 0.4) is 0 Å². The second-order valence-corrected chi connectivity index (χ2v) is 9.55. The van der Waals surface area contributed by atoms with Crippen LogP contribution in [0.5, 0.6) is 0 Å². The van der Waals surface area contributed by atoms with Crippen molar-refractivity contribution in [1.82, 2.24) is 0 Å². The molecule has 0 radical (unpaired) electrons. The Labute approximate surface area is 93.0 Å². The van der Waals surface area contributed by atoms with E-state index in [1.165, 1.54) is 23.8 Å². The average molecular weight is 231 g/mol. The van der Waals surface area contributed by atoms with Crippen molar-refractivity contribution in [2.75, 3.05) is 18.5 Å². The summed E-state index contributed by atoms with van der Waals surface area (Å²) in [7, 11) is -1.21. The molecule has 0 spiro atoms. The molecule has 0 bridgehead atoms. The zero-order valence-electron chi connectivity index (χ0n) is 9.31. The monoisotopic (exact) mass is 230 g/mol. The van der Waals surface area contributed by atoms with E-state index in [0.29, 0.717) is 0 Å². The predicted octanol–water partition coefficient (Wildman–Crippen LogP) is 3.77. The molecule has 0 atom stereocenters. The molecule has 14 heavy (non-hydrogen) atoms. The van der Waals surface area contributed by atoms with Crippen LogP contribution in [0.1, 0.15) is 20.8 Å². The van der Waals surface area contributed by atoms with Gasteiger partial charge in [-0.15, -0.1) is 0 Å². The third-order valence-corrected chi connectivity index (χ3v) is 9.30. The fourth-order valence-electron chi connectivity index (χ4n) is 2.18. The normalized spacial score (nSPS) is 12.9. The summed E-state index contributed by atoms with van der Waals surface area (Å²) in [5.74, 6) is 0. The molecule has 80 valence electrons. The SMILES string of the molecule is CC[PH](CC)(CC)c1cccc(Cl)c1. The van der Waals surface area contributed by atoms with Gasteiger partial charge in [0.25, 0.3) is 0 Å². The molecule has 0 aliphatic carbocycles.